The number of alkyl halides is 3. The lowest BCUT2D eigenvalue weighted by atomic mass is 10.2. The van der Waals surface area contributed by atoms with Gasteiger partial charge in [0.05, 0.1) is 16.9 Å². The van der Waals surface area contributed by atoms with Crippen molar-refractivity contribution in [3.63, 3.8) is 0 Å². The summed E-state index contributed by atoms with van der Waals surface area (Å²) in [4.78, 5) is 0. The lowest BCUT2D eigenvalue weighted by Crippen LogP contribution is -2.07. The normalized spacial score (nSPS) is 11.8. The first kappa shape index (κ1) is 11.5. The van der Waals surface area contributed by atoms with Gasteiger partial charge in [-0.2, -0.15) is 18.3 Å². The molecule has 0 aliphatic carbocycles. The van der Waals surface area contributed by atoms with E-state index in [2.05, 4.69) is 5.10 Å². The SMILES string of the molecule is Cc1cc(N)n(-c2cccc(C(F)(F)F)c2)n1. The summed E-state index contributed by atoms with van der Waals surface area (Å²) in [6.45, 7) is 1.72. The molecule has 6 heteroatoms. The predicted octanol–water partition coefficient (Wildman–Crippen LogP) is 2.78. The molecule has 0 aliphatic rings. The van der Waals surface area contributed by atoms with Gasteiger partial charge in [-0.1, -0.05) is 6.07 Å². The lowest BCUT2D eigenvalue weighted by molar-refractivity contribution is -0.137. The van der Waals surface area contributed by atoms with E-state index < -0.39 is 11.7 Å². The standard InChI is InChI=1S/C11H10F3N3/c1-7-5-10(15)17(16-7)9-4-2-3-8(6-9)11(12,13)14/h2-6H,15H2,1H3. The molecule has 1 aromatic carbocycles. The third-order valence-electron chi connectivity index (χ3n) is 2.28. The summed E-state index contributed by atoms with van der Waals surface area (Å²) >= 11 is 0. The van der Waals surface area contributed by atoms with Gasteiger partial charge in [-0.15, -0.1) is 0 Å². The van der Waals surface area contributed by atoms with Crippen LogP contribution in [-0.4, -0.2) is 9.78 Å². The Morgan fingerprint density at radius 2 is 1.94 bits per heavy atom. The van der Waals surface area contributed by atoms with Crippen molar-refractivity contribution in [2.75, 3.05) is 5.73 Å². The number of benzene rings is 1. The van der Waals surface area contributed by atoms with E-state index in [4.69, 9.17) is 5.73 Å². The minimum atomic E-state index is -4.37. The van der Waals surface area contributed by atoms with Crippen molar-refractivity contribution in [2.24, 2.45) is 0 Å². The van der Waals surface area contributed by atoms with E-state index in [-0.39, 0.29) is 0 Å². The van der Waals surface area contributed by atoms with Gasteiger partial charge in [0.25, 0.3) is 0 Å². The van der Waals surface area contributed by atoms with Gasteiger partial charge in [0.2, 0.25) is 0 Å². The lowest BCUT2D eigenvalue weighted by Gasteiger charge is -2.09. The molecule has 2 N–H and O–H groups in total. The second-order valence-electron chi connectivity index (χ2n) is 3.67. The Hall–Kier alpha value is -1.98. The van der Waals surface area contributed by atoms with Crippen LogP contribution in [0.4, 0.5) is 19.0 Å². The fraction of sp³-hybridized carbons (Fsp3) is 0.182. The third kappa shape index (κ3) is 2.25. The number of rotatable bonds is 1. The van der Waals surface area contributed by atoms with Crippen LogP contribution in [0.3, 0.4) is 0 Å². The van der Waals surface area contributed by atoms with Crippen LogP contribution in [0.2, 0.25) is 0 Å². The molecular formula is C11H10F3N3. The Morgan fingerprint density at radius 1 is 1.24 bits per heavy atom. The highest BCUT2D eigenvalue weighted by Crippen LogP contribution is 2.30. The van der Waals surface area contributed by atoms with Crippen molar-refractivity contribution in [1.29, 1.82) is 0 Å². The molecule has 0 radical (unpaired) electrons. The molecule has 90 valence electrons. The van der Waals surface area contributed by atoms with E-state index in [9.17, 15) is 13.2 Å². The van der Waals surface area contributed by atoms with Gasteiger partial charge in [-0.25, -0.2) is 4.68 Å². The molecule has 0 unspecified atom stereocenters. The van der Waals surface area contributed by atoms with Gasteiger partial charge in [-0.05, 0) is 25.1 Å². The van der Waals surface area contributed by atoms with E-state index in [0.717, 1.165) is 12.1 Å². The first-order valence-corrected chi connectivity index (χ1v) is 4.88. The molecule has 0 spiro atoms. The second-order valence-corrected chi connectivity index (χ2v) is 3.67. The average Bonchev–Trinajstić information content (AvgIpc) is 2.57. The Kier molecular flexibility index (Phi) is 2.57. The molecule has 2 rings (SSSR count). The second kappa shape index (κ2) is 3.80. The van der Waals surface area contributed by atoms with E-state index in [0.29, 0.717) is 17.2 Å². The van der Waals surface area contributed by atoms with Crippen molar-refractivity contribution in [1.82, 2.24) is 9.78 Å². The molecule has 2 aromatic rings. The van der Waals surface area contributed by atoms with Crippen molar-refractivity contribution in [3.05, 3.63) is 41.6 Å². The monoisotopic (exact) mass is 241 g/mol. The molecule has 1 heterocycles. The zero-order chi connectivity index (χ0) is 12.6. The summed E-state index contributed by atoms with van der Waals surface area (Å²) in [5.74, 6) is 0.307. The number of nitrogens with zero attached hydrogens (tertiary/aromatic N) is 2. The summed E-state index contributed by atoms with van der Waals surface area (Å²) in [7, 11) is 0. The fourth-order valence-electron chi connectivity index (χ4n) is 1.54. The molecule has 0 amide bonds. The zero-order valence-electron chi connectivity index (χ0n) is 8.99. The summed E-state index contributed by atoms with van der Waals surface area (Å²) in [5, 5.41) is 4.03. The molecule has 3 nitrogen and oxygen atoms in total. The number of aryl methyl sites for hydroxylation is 1. The topological polar surface area (TPSA) is 43.8 Å². The van der Waals surface area contributed by atoms with Crippen LogP contribution >= 0.6 is 0 Å². The van der Waals surface area contributed by atoms with Crippen molar-refractivity contribution < 1.29 is 13.2 Å². The van der Waals surface area contributed by atoms with Crippen LogP contribution in [-0.2, 0) is 6.18 Å². The minimum absolute atomic E-state index is 0.297. The Balaban J connectivity index is 2.50. The number of halogens is 3. The van der Waals surface area contributed by atoms with Gasteiger partial charge < -0.3 is 5.73 Å². The maximum atomic E-state index is 12.5. The van der Waals surface area contributed by atoms with Gasteiger partial charge in [0.1, 0.15) is 5.82 Å². The number of anilines is 1. The van der Waals surface area contributed by atoms with Gasteiger partial charge in [-0.3, -0.25) is 0 Å². The summed E-state index contributed by atoms with van der Waals surface area (Å²) < 4.78 is 38.9. The number of hydrogen-bond acceptors (Lipinski definition) is 2. The van der Waals surface area contributed by atoms with Crippen molar-refractivity contribution >= 4 is 5.82 Å². The quantitative estimate of drug-likeness (QED) is 0.834. The largest absolute Gasteiger partial charge is 0.416 e. The van der Waals surface area contributed by atoms with E-state index in [1.54, 1.807) is 13.0 Å². The smallest absolute Gasteiger partial charge is 0.384 e. The first-order valence-electron chi connectivity index (χ1n) is 4.88. The van der Waals surface area contributed by atoms with Crippen LogP contribution in [0.25, 0.3) is 5.69 Å². The highest BCUT2D eigenvalue weighted by molar-refractivity contribution is 5.44. The molecule has 0 fully saturated rings. The molecular weight excluding hydrogens is 231 g/mol. The zero-order valence-corrected chi connectivity index (χ0v) is 8.99. The van der Waals surface area contributed by atoms with Gasteiger partial charge >= 0.3 is 6.18 Å². The predicted molar refractivity (Wildman–Crippen MR) is 57.7 cm³/mol. The molecule has 0 aliphatic heterocycles. The van der Waals surface area contributed by atoms with Crippen LogP contribution in [0.15, 0.2) is 30.3 Å². The molecule has 17 heavy (non-hydrogen) atoms. The number of nitrogens with two attached hydrogens (primary N) is 1. The van der Waals surface area contributed by atoms with Crippen LogP contribution in [0.1, 0.15) is 11.3 Å². The van der Waals surface area contributed by atoms with E-state index >= 15 is 0 Å². The fourth-order valence-corrected chi connectivity index (χ4v) is 1.54. The number of aromatic nitrogens is 2. The van der Waals surface area contributed by atoms with E-state index in [1.165, 1.54) is 16.8 Å². The Morgan fingerprint density at radius 3 is 2.47 bits per heavy atom. The molecule has 0 saturated heterocycles. The maximum absolute atomic E-state index is 12.5. The van der Waals surface area contributed by atoms with E-state index in [1.807, 2.05) is 0 Å². The number of nitrogen functional groups attached to an aromatic ring is 1. The molecule has 1 aromatic heterocycles. The van der Waals surface area contributed by atoms with Crippen LogP contribution < -0.4 is 5.73 Å². The van der Waals surface area contributed by atoms with Gasteiger partial charge in [0, 0.05) is 6.07 Å². The Bertz CT molecular complexity index is 543. The summed E-state index contributed by atoms with van der Waals surface area (Å²) in [6.07, 6.45) is -4.37. The van der Waals surface area contributed by atoms with Crippen molar-refractivity contribution in [3.8, 4) is 5.69 Å². The number of hydrogen-bond donors (Lipinski definition) is 1. The van der Waals surface area contributed by atoms with Crippen molar-refractivity contribution in [2.45, 2.75) is 13.1 Å². The minimum Gasteiger partial charge on any atom is -0.384 e. The molecule has 0 atom stereocenters. The first-order chi connectivity index (χ1) is 7.88. The summed E-state index contributed by atoms with van der Waals surface area (Å²) in [5.41, 5.74) is 5.88. The van der Waals surface area contributed by atoms with Gasteiger partial charge in [0.15, 0.2) is 0 Å². The Labute approximate surface area is 95.7 Å². The highest BCUT2D eigenvalue weighted by Gasteiger charge is 2.30. The summed E-state index contributed by atoms with van der Waals surface area (Å²) in [6, 6.07) is 6.48. The average molecular weight is 241 g/mol. The third-order valence-corrected chi connectivity index (χ3v) is 2.28. The van der Waals surface area contributed by atoms with Crippen LogP contribution in [0.5, 0.6) is 0 Å². The molecule has 0 saturated carbocycles. The molecule has 0 bridgehead atoms. The highest BCUT2D eigenvalue weighted by atomic mass is 19.4. The van der Waals surface area contributed by atoms with Crippen LogP contribution in [0, 0.1) is 6.92 Å². The maximum Gasteiger partial charge on any atom is 0.416 e.